The Bertz CT molecular complexity index is 349. The molecule has 0 radical (unpaired) electrons. The maximum atomic E-state index is 12.6. The van der Waals surface area contributed by atoms with E-state index in [0.29, 0.717) is 5.75 Å². The molecular weight excluding hydrogens is 224 g/mol. The summed E-state index contributed by atoms with van der Waals surface area (Å²) >= 11 is 0. The molecule has 0 aliphatic carbocycles. The van der Waals surface area contributed by atoms with Crippen molar-refractivity contribution in [3.05, 3.63) is 29.8 Å². The third-order valence-electron chi connectivity index (χ3n) is 2.08. The molecule has 0 atom stereocenters. The van der Waals surface area contributed by atoms with Crippen LogP contribution in [0.15, 0.2) is 24.3 Å². The second kappa shape index (κ2) is 5.00. The van der Waals surface area contributed by atoms with Gasteiger partial charge in [-0.05, 0) is 38.0 Å². The van der Waals surface area contributed by atoms with Gasteiger partial charge in [0, 0.05) is 12.5 Å². The predicted octanol–water partition coefficient (Wildman–Crippen LogP) is 3.00. The Morgan fingerprint density at radius 2 is 1.65 bits per heavy atom. The molecule has 0 spiro atoms. The largest absolute Gasteiger partial charge is 0.487 e. The standard InChI is InChI=1S/C13H19F2NO/c1-12(2,16)8-10-4-6-11(7-5-10)17-9-13(3,14)15/h4-7H,8-9,16H2,1-3H3. The zero-order valence-corrected chi connectivity index (χ0v) is 10.5. The van der Waals surface area contributed by atoms with Crippen LogP contribution in [0.3, 0.4) is 0 Å². The molecule has 96 valence electrons. The predicted molar refractivity (Wildman–Crippen MR) is 64.5 cm³/mol. The van der Waals surface area contributed by atoms with Gasteiger partial charge in [0.25, 0.3) is 5.92 Å². The number of halogens is 2. The summed E-state index contributed by atoms with van der Waals surface area (Å²) in [5, 5.41) is 0. The lowest BCUT2D eigenvalue weighted by atomic mass is 9.96. The minimum absolute atomic E-state index is 0.279. The fourth-order valence-electron chi connectivity index (χ4n) is 1.44. The number of nitrogens with two attached hydrogens (primary N) is 1. The molecule has 0 bridgehead atoms. The van der Waals surface area contributed by atoms with Gasteiger partial charge in [0.05, 0.1) is 0 Å². The van der Waals surface area contributed by atoms with E-state index in [4.69, 9.17) is 10.5 Å². The minimum atomic E-state index is -2.81. The Kier molecular flexibility index (Phi) is 4.09. The lowest BCUT2D eigenvalue weighted by Gasteiger charge is -2.18. The van der Waals surface area contributed by atoms with Crippen LogP contribution in [0.2, 0.25) is 0 Å². The molecule has 1 aromatic rings. The van der Waals surface area contributed by atoms with Gasteiger partial charge in [-0.2, -0.15) is 0 Å². The average molecular weight is 243 g/mol. The Balaban J connectivity index is 2.56. The molecule has 0 aliphatic rings. The smallest absolute Gasteiger partial charge is 0.278 e. The summed E-state index contributed by atoms with van der Waals surface area (Å²) in [6.07, 6.45) is 0.733. The van der Waals surface area contributed by atoms with Crippen molar-refractivity contribution in [3.8, 4) is 5.75 Å². The van der Waals surface area contributed by atoms with Crippen LogP contribution in [-0.4, -0.2) is 18.1 Å². The number of rotatable bonds is 5. The number of benzene rings is 1. The first-order chi connectivity index (χ1) is 7.66. The second-order valence-electron chi connectivity index (χ2n) is 5.17. The quantitative estimate of drug-likeness (QED) is 0.862. The van der Waals surface area contributed by atoms with Gasteiger partial charge in [-0.25, -0.2) is 8.78 Å². The van der Waals surface area contributed by atoms with Crippen molar-refractivity contribution in [3.63, 3.8) is 0 Å². The van der Waals surface area contributed by atoms with Gasteiger partial charge in [-0.3, -0.25) is 0 Å². The third-order valence-corrected chi connectivity index (χ3v) is 2.08. The minimum Gasteiger partial charge on any atom is -0.487 e. The molecule has 0 aliphatic heterocycles. The highest BCUT2D eigenvalue weighted by Crippen LogP contribution is 2.18. The van der Waals surface area contributed by atoms with Crippen molar-refractivity contribution in [1.29, 1.82) is 0 Å². The number of hydrogen-bond donors (Lipinski definition) is 1. The third kappa shape index (κ3) is 6.22. The monoisotopic (exact) mass is 243 g/mol. The first kappa shape index (κ1) is 13.9. The van der Waals surface area contributed by atoms with E-state index in [-0.39, 0.29) is 5.54 Å². The Labute approximate surface area is 101 Å². The number of hydrogen-bond acceptors (Lipinski definition) is 2. The van der Waals surface area contributed by atoms with Crippen molar-refractivity contribution in [2.75, 3.05) is 6.61 Å². The summed E-state index contributed by atoms with van der Waals surface area (Å²) in [7, 11) is 0. The van der Waals surface area contributed by atoms with Crippen molar-refractivity contribution in [2.45, 2.75) is 38.7 Å². The van der Waals surface area contributed by atoms with E-state index >= 15 is 0 Å². The normalized spacial score (nSPS) is 12.6. The van der Waals surface area contributed by atoms with E-state index in [1.54, 1.807) is 12.1 Å². The SMILES string of the molecule is CC(C)(N)Cc1ccc(OCC(C)(F)F)cc1. The van der Waals surface area contributed by atoms with E-state index in [2.05, 4.69) is 0 Å². The van der Waals surface area contributed by atoms with E-state index < -0.39 is 12.5 Å². The van der Waals surface area contributed by atoms with Gasteiger partial charge in [0.1, 0.15) is 5.75 Å². The van der Waals surface area contributed by atoms with E-state index in [9.17, 15) is 8.78 Å². The highest BCUT2D eigenvalue weighted by molar-refractivity contribution is 5.28. The first-order valence-corrected chi connectivity index (χ1v) is 5.54. The van der Waals surface area contributed by atoms with Crippen molar-refractivity contribution in [2.24, 2.45) is 5.73 Å². The van der Waals surface area contributed by atoms with Gasteiger partial charge < -0.3 is 10.5 Å². The molecule has 0 heterocycles. The molecule has 2 N–H and O–H groups in total. The van der Waals surface area contributed by atoms with Crippen LogP contribution in [0.5, 0.6) is 5.75 Å². The molecule has 0 saturated heterocycles. The molecular formula is C13H19F2NO. The van der Waals surface area contributed by atoms with Crippen LogP contribution in [0, 0.1) is 0 Å². The summed E-state index contributed by atoms with van der Waals surface area (Å²) in [5.74, 6) is -2.36. The number of ether oxygens (including phenoxy) is 1. The van der Waals surface area contributed by atoms with E-state index in [0.717, 1.165) is 18.9 Å². The molecule has 17 heavy (non-hydrogen) atoms. The highest BCUT2D eigenvalue weighted by Gasteiger charge is 2.21. The van der Waals surface area contributed by atoms with Gasteiger partial charge in [-0.1, -0.05) is 12.1 Å². The maximum absolute atomic E-state index is 12.6. The Morgan fingerprint density at radius 1 is 1.12 bits per heavy atom. The summed E-state index contributed by atoms with van der Waals surface area (Å²) in [5.41, 5.74) is 6.67. The van der Waals surface area contributed by atoms with Gasteiger partial charge in [0.2, 0.25) is 0 Å². The molecule has 4 heteroatoms. The van der Waals surface area contributed by atoms with Crippen LogP contribution < -0.4 is 10.5 Å². The molecule has 0 amide bonds. The van der Waals surface area contributed by atoms with Gasteiger partial charge in [0.15, 0.2) is 6.61 Å². The van der Waals surface area contributed by atoms with Crippen LogP contribution in [-0.2, 0) is 6.42 Å². The molecule has 0 unspecified atom stereocenters. The van der Waals surface area contributed by atoms with Crippen molar-refractivity contribution >= 4 is 0 Å². The summed E-state index contributed by atoms with van der Waals surface area (Å²) in [6, 6.07) is 7.06. The van der Waals surface area contributed by atoms with E-state index in [1.807, 2.05) is 26.0 Å². The van der Waals surface area contributed by atoms with E-state index in [1.165, 1.54) is 0 Å². The fraction of sp³-hybridized carbons (Fsp3) is 0.538. The first-order valence-electron chi connectivity index (χ1n) is 5.54. The molecule has 1 rings (SSSR count). The summed E-state index contributed by atoms with van der Waals surface area (Å²) in [4.78, 5) is 0. The summed E-state index contributed by atoms with van der Waals surface area (Å²) in [6.45, 7) is 4.11. The Hall–Kier alpha value is -1.16. The maximum Gasteiger partial charge on any atom is 0.278 e. The lowest BCUT2D eigenvalue weighted by molar-refractivity contribution is -0.0229. The fourth-order valence-corrected chi connectivity index (χ4v) is 1.44. The molecule has 0 saturated carbocycles. The average Bonchev–Trinajstić information content (AvgIpc) is 2.13. The summed E-state index contributed by atoms with van der Waals surface area (Å²) < 4.78 is 30.1. The molecule has 2 nitrogen and oxygen atoms in total. The van der Waals surface area contributed by atoms with Crippen molar-refractivity contribution < 1.29 is 13.5 Å². The van der Waals surface area contributed by atoms with Crippen LogP contribution >= 0.6 is 0 Å². The Morgan fingerprint density at radius 3 is 2.06 bits per heavy atom. The zero-order chi connectivity index (χ0) is 13.1. The van der Waals surface area contributed by atoms with Crippen LogP contribution in [0.1, 0.15) is 26.3 Å². The molecule has 0 aromatic heterocycles. The second-order valence-corrected chi connectivity index (χ2v) is 5.17. The van der Waals surface area contributed by atoms with Crippen LogP contribution in [0.25, 0.3) is 0 Å². The molecule has 1 aromatic carbocycles. The van der Waals surface area contributed by atoms with Crippen molar-refractivity contribution in [1.82, 2.24) is 0 Å². The zero-order valence-electron chi connectivity index (χ0n) is 10.5. The topological polar surface area (TPSA) is 35.2 Å². The molecule has 0 fully saturated rings. The van der Waals surface area contributed by atoms with Crippen LogP contribution in [0.4, 0.5) is 8.78 Å². The lowest BCUT2D eigenvalue weighted by Crippen LogP contribution is -2.34. The van der Waals surface area contributed by atoms with Gasteiger partial charge >= 0.3 is 0 Å². The van der Waals surface area contributed by atoms with Gasteiger partial charge in [-0.15, -0.1) is 0 Å². The highest BCUT2D eigenvalue weighted by atomic mass is 19.3. The number of alkyl halides is 2.